The van der Waals surface area contributed by atoms with Gasteiger partial charge in [0.2, 0.25) is 4.96 Å². The zero-order chi connectivity index (χ0) is 12.7. The second-order valence-corrected chi connectivity index (χ2v) is 5.51. The maximum atomic E-state index is 5.21. The normalized spacial score (nSPS) is 11.1. The zero-order valence-electron chi connectivity index (χ0n) is 9.72. The summed E-state index contributed by atoms with van der Waals surface area (Å²) in [7, 11) is 1.65. The van der Waals surface area contributed by atoms with Gasteiger partial charge in [0.25, 0.3) is 0 Å². The molecule has 2 aromatic heterocycles. The number of methoxy groups -OCH3 is 1. The summed E-state index contributed by atoms with van der Waals surface area (Å²) in [5.74, 6) is 1.60. The molecule has 1 aromatic carbocycles. The summed E-state index contributed by atoms with van der Waals surface area (Å²) in [6.45, 7) is 1.88. The van der Waals surface area contributed by atoms with Crippen LogP contribution in [0.4, 0.5) is 0 Å². The van der Waals surface area contributed by atoms with Crippen LogP contribution in [0, 0.1) is 6.92 Å². The number of benzene rings is 1. The summed E-state index contributed by atoms with van der Waals surface area (Å²) < 4.78 is 7.86. The Bertz CT molecular complexity index is 721. The Morgan fingerprint density at radius 2 is 2.17 bits per heavy atom. The minimum Gasteiger partial charge on any atom is -0.496 e. The lowest BCUT2D eigenvalue weighted by Crippen LogP contribution is -1.89. The predicted octanol–water partition coefficient (Wildman–Crippen LogP) is 2.93. The number of aryl methyl sites for hydroxylation is 1. The largest absolute Gasteiger partial charge is 0.496 e. The number of rotatable bonds is 2. The van der Waals surface area contributed by atoms with Gasteiger partial charge in [-0.25, -0.2) is 0 Å². The van der Waals surface area contributed by atoms with Gasteiger partial charge >= 0.3 is 0 Å². The summed E-state index contributed by atoms with van der Waals surface area (Å²) in [6.07, 6.45) is 0. The van der Waals surface area contributed by atoms with Gasteiger partial charge in [-0.3, -0.25) is 0 Å². The molecule has 0 unspecified atom stereocenters. The molecule has 0 aliphatic rings. The molecular weight excluding hydrogens is 316 g/mol. The van der Waals surface area contributed by atoms with Crippen LogP contribution in [-0.4, -0.2) is 26.9 Å². The molecule has 7 heteroatoms. The molecule has 3 aromatic rings. The van der Waals surface area contributed by atoms with Gasteiger partial charge < -0.3 is 4.74 Å². The van der Waals surface area contributed by atoms with Crippen molar-refractivity contribution in [3.05, 3.63) is 28.5 Å². The highest BCUT2D eigenvalue weighted by atomic mass is 79.9. The molecule has 2 heterocycles. The van der Waals surface area contributed by atoms with Crippen LogP contribution in [0.3, 0.4) is 0 Å². The van der Waals surface area contributed by atoms with Gasteiger partial charge in [0, 0.05) is 5.56 Å². The molecule has 0 spiro atoms. The number of hydrogen-bond donors (Lipinski definition) is 0. The lowest BCUT2D eigenvalue weighted by Gasteiger charge is -2.03. The first-order valence-corrected chi connectivity index (χ1v) is 6.83. The third-order valence-electron chi connectivity index (χ3n) is 2.55. The van der Waals surface area contributed by atoms with E-state index in [0.29, 0.717) is 0 Å². The first kappa shape index (κ1) is 11.6. The Balaban J connectivity index is 2.10. The van der Waals surface area contributed by atoms with E-state index in [0.717, 1.165) is 31.6 Å². The summed E-state index contributed by atoms with van der Waals surface area (Å²) >= 11 is 4.98. The Kier molecular flexibility index (Phi) is 2.79. The smallest absolute Gasteiger partial charge is 0.234 e. The van der Waals surface area contributed by atoms with Gasteiger partial charge in [-0.2, -0.15) is 9.61 Å². The lowest BCUT2D eigenvalue weighted by atomic mass is 10.2. The molecular formula is C11H9BrN4OS. The average Bonchev–Trinajstić information content (AvgIpc) is 2.92. The van der Waals surface area contributed by atoms with Gasteiger partial charge in [0.05, 0.1) is 11.6 Å². The quantitative estimate of drug-likeness (QED) is 0.727. The van der Waals surface area contributed by atoms with E-state index in [-0.39, 0.29) is 0 Å². The molecule has 0 amide bonds. The van der Waals surface area contributed by atoms with Crippen LogP contribution < -0.4 is 4.74 Å². The van der Waals surface area contributed by atoms with E-state index >= 15 is 0 Å². The molecule has 0 saturated heterocycles. The molecule has 5 nitrogen and oxygen atoms in total. The van der Waals surface area contributed by atoms with Crippen LogP contribution in [-0.2, 0) is 0 Å². The highest BCUT2D eigenvalue weighted by Crippen LogP contribution is 2.32. The Morgan fingerprint density at radius 3 is 2.83 bits per heavy atom. The van der Waals surface area contributed by atoms with Crippen LogP contribution in [0.25, 0.3) is 15.5 Å². The van der Waals surface area contributed by atoms with Crippen molar-refractivity contribution in [1.29, 1.82) is 0 Å². The zero-order valence-corrected chi connectivity index (χ0v) is 12.1. The topological polar surface area (TPSA) is 52.3 Å². The number of hydrogen-bond acceptors (Lipinski definition) is 5. The second kappa shape index (κ2) is 4.33. The number of aromatic nitrogens is 4. The molecule has 0 aliphatic carbocycles. The third kappa shape index (κ3) is 1.79. The van der Waals surface area contributed by atoms with Crippen molar-refractivity contribution in [2.75, 3.05) is 7.11 Å². The minimum atomic E-state index is 0.792. The second-order valence-electron chi connectivity index (χ2n) is 3.70. The molecule has 0 bridgehead atoms. The summed E-state index contributed by atoms with van der Waals surface area (Å²) in [5, 5.41) is 13.4. The standard InChI is InChI=1S/C11H9BrN4OS/c1-6-13-14-11-16(6)15-10(18-11)7-3-4-9(17-2)8(12)5-7/h3-5H,1-2H3. The maximum Gasteiger partial charge on any atom is 0.234 e. The number of ether oxygens (including phenoxy) is 1. The van der Waals surface area contributed by atoms with Gasteiger partial charge in [0.1, 0.15) is 10.8 Å². The molecule has 92 valence electrons. The first-order valence-electron chi connectivity index (χ1n) is 5.22. The SMILES string of the molecule is COc1ccc(-c2nn3c(C)nnc3s2)cc1Br. The molecule has 0 atom stereocenters. The van der Waals surface area contributed by atoms with Crippen LogP contribution >= 0.6 is 27.3 Å². The highest BCUT2D eigenvalue weighted by molar-refractivity contribution is 9.10. The van der Waals surface area contributed by atoms with E-state index in [2.05, 4.69) is 31.2 Å². The van der Waals surface area contributed by atoms with Crippen molar-refractivity contribution in [3.8, 4) is 16.3 Å². The van der Waals surface area contributed by atoms with Crippen molar-refractivity contribution in [1.82, 2.24) is 19.8 Å². The molecule has 18 heavy (non-hydrogen) atoms. The lowest BCUT2D eigenvalue weighted by molar-refractivity contribution is 0.412. The van der Waals surface area contributed by atoms with Crippen molar-refractivity contribution < 1.29 is 4.74 Å². The Morgan fingerprint density at radius 1 is 1.33 bits per heavy atom. The average molecular weight is 325 g/mol. The third-order valence-corrected chi connectivity index (χ3v) is 4.11. The molecule has 0 N–H and O–H groups in total. The molecule has 0 radical (unpaired) electrons. The van der Waals surface area contributed by atoms with E-state index in [4.69, 9.17) is 4.74 Å². The maximum absolute atomic E-state index is 5.21. The molecule has 0 fully saturated rings. The fraction of sp³-hybridized carbons (Fsp3) is 0.182. The molecule has 3 rings (SSSR count). The van der Waals surface area contributed by atoms with Gasteiger partial charge in [0.15, 0.2) is 5.82 Å². The monoisotopic (exact) mass is 324 g/mol. The van der Waals surface area contributed by atoms with Crippen molar-refractivity contribution in [2.45, 2.75) is 6.92 Å². The summed E-state index contributed by atoms with van der Waals surface area (Å²) in [6, 6.07) is 5.87. The van der Waals surface area contributed by atoms with E-state index in [1.165, 1.54) is 11.3 Å². The summed E-state index contributed by atoms with van der Waals surface area (Å²) in [4.78, 5) is 0.800. The number of fused-ring (bicyclic) bond motifs is 1. The molecule has 0 saturated carbocycles. The van der Waals surface area contributed by atoms with Crippen LogP contribution in [0.5, 0.6) is 5.75 Å². The summed E-state index contributed by atoms with van der Waals surface area (Å²) in [5.41, 5.74) is 1.03. The fourth-order valence-electron chi connectivity index (χ4n) is 1.63. The van der Waals surface area contributed by atoms with Crippen LogP contribution in [0.1, 0.15) is 5.82 Å². The van der Waals surface area contributed by atoms with E-state index in [9.17, 15) is 0 Å². The van der Waals surface area contributed by atoms with Crippen molar-refractivity contribution >= 4 is 32.2 Å². The van der Waals surface area contributed by atoms with Crippen molar-refractivity contribution in [3.63, 3.8) is 0 Å². The Hall–Kier alpha value is -1.47. The first-order chi connectivity index (χ1) is 8.69. The van der Waals surface area contributed by atoms with Crippen molar-refractivity contribution in [2.24, 2.45) is 0 Å². The van der Waals surface area contributed by atoms with Crippen LogP contribution in [0.2, 0.25) is 0 Å². The number of nitrogens with zero attached hydrogens (tertiary/aromatic N) is 4. The van der Waals surface area contributed by atoms with E-state index < -0.39 is 0 Å². The minimum absolute atomic E-state index is 0.792. The van der Waals surface area contributed by atoms with Gasteiger partial charge in [-0.05, 0) is 41.1 Å². The fourth-order valence-corrected chi connectivity index (χ4v) is 3.05. The van der Waals surface area contributed by atoms with E-state index in [1.54, 1.807) is 11.6 Å². The Labute approximate surface area is 116 Å². The highest BCUT2D eigenvalue weighted by Gasteiger charge is 2.11. The molecule has 0 aliphatic heterocycles. The predicted molar refractivity (Wildman–Crippen MR) is 73.1 cm³/mol. The van der Waals surface area contributed by atoms with E-state index in [1.807, 2.05) is 25.1 Å². The van der Waals surface area contributed by atoms with Gasteiger partial charge in [-0.15, -0.1) is 10.2 Å². The number of halogens is 1. The van der Waals surface area contributed by atoms with Crippen LogP contribution in [0.15, 0.2) is 22.7 Å². The van der Waals surface area contributed by atoms with Gasteiger partial charge in [-0.1, -0.05) is 11.3 Å².